The number of rotatable bonds is 4. The van der Waals surface area contributed by atoms with Crippen LogP contribution in [0.3, 0.4) is 0 Å². The Labute approximate surface area is 140 Å². The number of halogens is 1. The minimum absolute atomic E-state index is 0.0576. The topological polar surface area (TPSA) is 86.7 Å². The molecule has 0 N–H and O–H groups in total. The predicted molar refractivity (Wildman–Crippen MR) is 86.1 cm³/mol. The largest absolute Gasteiger partial charge is 0.270 e. The molecule has 116 valence electrons. The van der Waals surface area contributed by atoms with Crippen molar-refractivity contribution in [3.8, 4) is 5.69 Å². The number of non-ortho nitro benzene ring substituents is 1. The molecule has 0 aliphatic heterocycles. The molecule has 1 aromatic heterocycles. The number of aromatic nitrogens is 4. The molecule has 0 bridgehead atoms. The Bertz CT molecular complexity index is 883. The Kier molecular flexibility index (Phi) is 4.26. The highest BCUT2D eigenvalue weighted by Crippen LogP contribution is 2.35. The molecule has 2 aromatic carbocycles. The van der Waals surface area contributed by atoms with Crippen molar-refractivity contribution >= 4 is 29.1 Å². The van der Waals surface area contributed by atoms with E-state index in [1.165, 1.54) is 23.9 Å². The molecule has 0 saturated carbocycles. The Morgan fingerprint density at radius 3 is 2.74 bits per heavy atom. The van der Waals surface area contributed by atoms with E-state index in [-0.39, 0.29) is 10.7 Å². The summed E-state index contributed by atoms with van der Waals surface area (Å²) in [6.45, 7) is 1.96. The van der Waals surface area contributed by atoms with E-state index >= 15 is 0 Å². The van der Waals surface area contributed by atoms with Crippen LogP contribution in [0.1, 0.15) is 5.56 Å². The second-order valence-electron chi connectivity index (χ2n) is 4.63. The fourth-order valence-corrected chi connectivity index (χ4v) is 3.06. The summed E-state index contributed by atoms with van der Waals surface area (Å²) >= 11 is 7.36. The van der Waals surface area contributed by atoms with Gasteiger partial charge in [0.15, 0.2) is 0 Å². The number of tetrazole rings is 1. The van der Waals surface area contributed by atoms with Crippen LogP contribution in [-0.4, -0.2) is 25.1 Å². The van der Waals surface area contributed by atoms with Gasteiger partial charge in [-0.15, -0.1) is 5.10 Å². The third kappa shape index (κ3) is 3.17. The van der Waals surface area contributed by atoms with Crippen molar-refractivity contribution in [2.45, 2.75) is 17.0 Å². The van der Waals surface area contributed by atoms with Gasteiger partial charge in [0.25, 0.3) is 5.69 Å². The lowest BCUT2D eigenvalue weighted by Gasteiger charge is -2.07. The van der Waals surface area contributed by atoms with E-state index in [1.54, 1.807) is 10.7 Å². The second kappa shape index (κ2) is 6.35. The molecule has 0 fully saturated rings. The van der Waals surface area contributed by atoms with E-state index in [0.717, 1.165) is 11.3 Å². The first-order valence-corrected chi connectivity index (χ1v) is 7.72. The van der Waals surface area contributed by atoms with Crippen molar-refractivity contribution < 1.29 is 4.92 Å². The Morgan fingerprint density at radius 1 is 1.26 bits per heavy atom. The van der Waals surface area contributed by atoms with Gasteiger partial charge in [-0.2, -0.15) is 4.68 Å². The van der Waals surface area contributed by atoms with Gasteiger partial charge in [-0.3, -0.25) is 10.1 Å². The average molecular weight is 348 g/mol. The highest BCUT2D eigenvalue weighted by molar-refractivity contribution is 7.99. The van der Waals surface area contributed by atoms with E-state index in [2.05, 4.69) is 15.5 Å². The Hall–Kier alpha value is -2.45. The molecule has 23 heavy (non-hydrogen) atoms. The van der Waals surface area contributed by atoms with Gasteiger partial charge >= 0.3 is 0 Å². The highest BCUT2D eigenvalue weighted by Gasteiger charge is 2.15. The zero-order valence-electron chi connectivity index (χ0n) is 11.9. The van der Waals surface area contributed by atoms with Crippen LogP contribution in [0.25, 0.3) is 5.69 Å². The molecule has 3 rings (SSSR count). The number of hydrogen-bond donors (Lipinski definition) is 0. The number of benzene rings is 2. The minimum Gasteiger partial charge on any atom is -0.258 e. The fraction of sp³-hybridized carbons (Fsp3) is 0.0714. The van der Waals surface area contributed by atoms with E-state index in [4.69, 9.17) is 11.6 Å². The molecule has 0 spiro atoms. The molecule has 0 saturated heterocycles. The summed E-state index contributed by atoms with van der Waals surface area (Å²) in [4.78, 5) is 10.9. The summed E-state index contributed by atoms with van der Waals surface area (Å²) in [5.41, 5.74) is 1.83. The molecule has 0 amide bonds. The van der Waals surface area contributed by atoms with Gasteiger partial charge in [-0.25, -0.2) is 0 Å². The molecule has 0 aliphatic carbocycles. The van der Waals surface area contributed by atoms with Crippen LogP contribution in [-0.2, 0) is 0 Å². The van der Waals surface area contributed by atoms with Crippen LogP contribution in [0.5, 0.6) is 0 Å². The molecular weight excluding hydrogens is 338 g/mol. The van der Waals surface area contributed by atoms with Gasteiger partial charge in [-0.05, 0) is 46.8 Å². The SMILES string of the molecule is Cc1ccccc1-n1nnnc1Sc1ccc([N+](=O)[O-])cc1Cl. The van der Waals surface area contributed by atoms with Crippen LogP contribution < -0.4 is 0 Å². The van der Waals surface area contributed by atoms with Crippen LogP contribution in [0.15, 0.2) is 52.5 Å². The summed E-state index contributed by atoms with van der Waals surface area (Å²) in [5, 5.41) is 23.3. The summed E-state index contributed by atoms with van der Waals surface area (Å²) in [6.07, 6.45) is 0. The maximum Gasteiger partial charge on any atom is 0.270 e. The average Bonchev–Trinajstić information content (AvgIpc) is 2.97. The normalized spacial score (nSPS) is 10.7. The van der Waals surface area contributed by atoms with Crippen molar-refractivity contribution in [2.75, 3.05) is 0 Å². The van der Waals surface area contributed by atoms with Crippen LogP contribution in [0.4, 0.5) is 5.69 Å². The quantitative estimate of drug-likeness (QED) is 0.528. The number of nitrogens with zero attached hydrogens (tertiary/aromatic N) is 5. The van der Waals surface area contributed by atoms with Crippen molar-refractivity contribution in [1.29, 1.82) is 0 Å². The first-order valence-electron chi connectivity index (χ1n) is 6.52. The second-order valence-corrected chi connectivity index (χ2v) is 6.05. The number of nitro groups is 1. The molecular formula is C14H10ClN5O2S. The van der Waals surface area contributed by atoms with Crippen molar-refractivity contribution in [1.82, 2.24) is 20.2 Å². The summed E-state index contributed by atoms with van der Waals surface area (Å²) in [5.74, 6) is 0. The van der Waals surface area contributed by atoms with Crippen molar-refractivity contribution in [3.63, 3.8) is 0 Å². The zero-order valence-corrected chi connectivity index (χ0v) is 13.5. The van der Waals surface area contributed by atoms with Gasteiger partial charge in [-0.1, -0.05) is 29.8 Å². The molecule has 7 nitrogen and oxygen atoms in total. The van der Waals surface area contributed by atoms with Gasteiger partial charge in [0.05, 0.1) is 15.6 Å². The van der Waals surface area contributed by atoms with Gasteiger partial charge in [0.2, 0.25) is 5.16 Å². The monoisotopic (exact) mass is 347 g/mol. The predicted octanol–water partition coefficient (Wildman–Crippen LogP) is 3.68. The van der Waals surface area contributed by atoms with Crippen molar-refractivity contribution in [2.24, 2.45) is 0 Å². The van der Waals surface area contributed by atoms with E-state index in [0.29, 0.717) is 10.1 Å². The Morgan fingerprint density at radius 2 is 2.04 bits per heavy atom. The number of hydrogen-bond acceptors (Lipinski definition) is 6. The molecule has 0 atom stereocenters. The van der Waals surface area contributed by atoms with Crippen LogP contribution in [0, 0.1) is 17.0 Å². The lowest BCUT2D eigenvalue weighted by Crippen LogP contribution is -2.01. The van der Waals surface area contributed by atoms with Gasteiger partial charge in [0, 0.05) is 17.0 Å². The van der Waals surface area contributed by atoms with Crippen LogP contribution in [0.2, 0.25) is 5.02 Å². The van der Waals surface area contributed by atoms with Crippen molar-refractivity contribution in [3.05, 3.63) is 63.2 Å². The standard InChI is InChI=1S/C14H10ClN5O2S/c1-9-4-2-3-5-12(9)19-14(16-17-18-19)23-13-7-6-10(20(21)22)8-11(13)15/h2-8H,1H3. The third-order valence-electron chi connectivity index (χ3n) is 3.11. The number of para-hydroxylation sites is 1. The summed E-state index contributed by atoms with van der Waals surface area (Å²) < 4.78 is 1.61. The van der Waals surface area contributed by atoms with E-state index in [1.807, 2.05) is 31.2 Å². The van der Waals surface area contributed by atoms with Gasteiger partial charge in [0.1, 0.15) is 0 Å². The third-order valence-corrected chi connectivity index (χ3v) is 4.55. The van der Waals surface area contributed by atoms with Gasteiger partial charge < -0.3 is 0 Å². The smallest absolute Gasteiger partial charge is 0.258 e. The molecule has 0 radical (unpaired) electrons. The maximum atomic E-state index is 10.8. The first kappa shape index (κ1) is 15.4. The fourth-order valence-electron chi connectivity index (χ4n) is 1.98. The number of nitro benzene ring substituents is 1. The molecule has 3 aromatic rings. The lowest BCUT2D eigenvalue weighted by molar-refractivity contribution is -0.384. The molecule has 1 heterocycles. The lowest BCUT2D eigenvalue weighted by atomic mass is 10.2. The minimum atomic E-state index is -0.488. The van der Waals surface area contributed by atoms with E-state index in [9.17, 15) is 10.1 Å². The van der Waals surface area contributed by atoms with Crippen LogP contribution >= 0.6 is 23.4 Å². The van der Waals surface area contributed by atoms with E-state index < -0.39 is 4.92 Å². The molecule has 0 aliphatic rings. The maximum absolute atomic E-state index is 10.8. The Balaban J connectivity index is 1.95. The highest BCUT2D eigenvalue weighted by atomic mass is 35.5. The first-order chi connectivity index (χ1) is 11.1. The number of aryl methyl sites for hydroxylation is 1. The molecule has 0 unspecified atom stereocenters. The summed E-state index contributed by atoms with van der Waals surface area (Å²) in [7, 11) is 0. The summed E-state index contributed by atoms with van der Waals surface area (Å²) in [6, 6.07) is 12.0. The molecule has 9 heteroatoms. The zero-order chi connectivity index (χ0) is 16.4.